The molecule has 0 bridgehead atoms. The molecule has 1 aromatic carbocycles. The van der Waals surface area contributed by atoms with Gasteiger partial charge in [0.05, 0.1) is 12.2 Å². The molecule has 0 amide bonds. The minimum atomic E-state index is -3.08. The first-order valence-corrected chi connectivity index (χ1v) is 9.75. The Bertz CT molecular complexity index is 1270. The SMILES string of the molecule is Cc1nc2ccc(-c3cnc(C(C)(C)O)nc3)nc2n1Cc1c(F)cccc1OC(F)F. The van der Waals surface area contributed by atoms with Gasteiger partial charge in [-0.1, -0.05) is 6.07 Å². The van der Waals surface area contributed by atoms with E-state index >= 15 is 0 Å². The van der Waals surface area contributed by atoms with Crippen LogP contribution in [0.4, 0.5) is 13.2 Å². The van der Waals surface area contributed by atoms with Crippen molar-refractivity contribution in [3.05, 3.63) is 65.8 Å². The zero-order valence-corrected chi connectivity index (χ0v) is 17.6. The first-order chi connectivity index (χ1) is 15.1. The molecule has 0 saturated heterocycles. The summed E-state index contributed by atoms with van der Waals surface area (Å²) in [6.07, 6.45) is 3.10. The summed E-state index contributed by atoms with van der Waals surface area (Å²) in [6.45, 7) is 1.72. The Morgan fingerprint density at radius 3 is 2.47 bits per heavy atom. The predicted molar refractivity (Wildman–Crippen MR) is 111 cm³/mol. The number of nitrogens with zero attached hydrogens (tertiary/aromatic N) is 5. The number of fused-ring (bicyclic) bond motifs is 1. The molecule has 166 valence electrons. The van der Waals surface area contributed by atoms with E-state index in [4.69, 9.17) is 0 Å². The third kappa shape index (κ3) is 4.26. The standard InChI is InChI=1S/C22H20F3N5O2/c1-12-28-17-8-7-16(13-9-26-20(27-10-13)22(2,3)31)29-19(17)30(12)11-14-15(23)5-4-6-18(14)32-21(24)25/h4-10,21,31H,11H2,1-3H3. The molecule has 0 aliphatic carbocycles. The number of hydrogen-bond donors (Lipinski definition) is 1. The van der Waals surface area contributed by atoms with Crippen LogP contribution in [0.5, 0.6) is 5.75 Å². The Labute approximate surface area is 181 Å². The number of halogens is 3. The van der Waals surface area contributed by atoms with Gasteiger partial charge in [0.2, 0.25) is 0 Å². The number of alkyl halides is 2. The van der Waals surface area contributed by atoms with Crippen molar-refractivity contribution in [1.82, 2.24) is 24.5 Å². The minimum absolute atomic E-state index is 0.0275. The van der Waals surface area contributed by atoms with E-state index in [1.165, 1.54) is 18.2 Å². The van der Waals surface area contributed by atoms with E-state index in [1.54, 1.807) is 49.9 Å². The van der Waals surface area contributed by atoms with Crippen LogP contribution in [0.25, 0.3) is 22.4 Å². The molecule has 32 heavy (non-hydrogen) atoms. The third-order valence-electron chi connectivity index (χ3n) is 4.89. The van der Waals surface area contributed by atoms with Crippen molar-refractivity contribution in [2.75, 3.05) is 0 Å². The number of ether oxygens (including phenoxy) is 1. The van der Waals surface area contributed by atoms with E-state index in [0.29, 0.717) is 28.2 Å². The molecule has 0 atom stereocenters. The Morgan fingerprint density at radius 1 is 1.09 bits per heavy atom. The Hall–Kier alpha value is -3.53. The second-order valence-corrected chi connectivity index (χ2v) is 7.73. The molecule has 0 radical (unpaired) electrons. The van der Waals surface area contributed by atoms with E-state index in [-0.39, 0.29) is 23.7 Å². The maximum absolute atomic E-state index is 14.5. The summed E-state index contributed by atoms with van der Waals surface area (Å²) in [5, 5.41) is 10.0. The van der Waals surface area contributed by atoms with Crippen LogP contribution in [-0.2, 0) is 12.1 Å². The number of aryl methyl sites for hydroxylation is 1. The molecule has 0 spiro atoms. The molecule has 10 heteroatoms. The zero-order chi connectivity index (χ0) is 23.0. The second-order valence-electron chi connectivity index (χ2n) is 7.73. The lowest BCUT2D eigenvalue weighted by Gasteiger charge is -2.15. The van der Waals surface area contributed by atoms with Gasteiger partial charge in [0.15, 0.2) is 11.5 Å². The summed E-state index contributed by atoms with van der Waals surface area (Å²) < 4.78 is 46.2. The van der Waals surface area contributed by atoms with Gasteiger partial charge in [-0.2, -0.15) is 8.78 Å². The first-order valence-electron chi connectivity index (χ1n) is 9.75. The number of rotatable bonds is 6. The summed E-state index contributed by atoms with van der Waals surface area (Å²) in [7, 11) is 0. The number of aromatic nitrogens is 5. The van der Waals surface area contributed by atoms with Crippen LogP contribution < -0.4 is 4.74 Å². The second kappa shape index (κ2) is 8.19. The highest BCUT2D eigenvalue weighted by molar-refractivity contribution is 5.76. The lowest BCUT2D eigenvalue weighted by molar-refractivity contribution is -0.0506. The maximum atomic E-state index is 14.5. The molecule has 1 N–H and O–H groups in total. The van der Waals surface area contributed by atoms with Gasteiger partial charge in [-0.25, -0.2) is 24.3 Å². The van der Waals surface area contributed by atoms with Crippen LogP contribution in [0.15, 0.2) is 42.7 Å². The number of imidazole rings is 1. The Kier molecular flexibility index (Phi) is 5.55. The highest BCUT2D eigenvalue weighted by Crippen LogP contribution is 2.28. The Morgan fingerprint density at radius 2 is 1.81 bits per heavy atom. The molecule has 0 fully saturated rings. The van der Waals surface area contributed by atoms with Crippen LogP contribution in [0.1, 0.15) is 31.1 Å². The number of hydrogen-bond acceptors (Lipinski definition) is 6. The largest absolute Gasteiger partial charge is 0.434 e. The van der Waals surface area contributed by atoms with Crippen LogP contribution in [0, 0.1) is 12.7 Å². The normalized spacial score (nSPS) is 12.0. The number of benzene rings is 1. The smallest absolute Gasteiger partial charge is 0.387 e. The molecule has 0 aliphatic rings. The summed E-state index contributed by atoms with van der Waals surface area (Å²) in [6, 6.07) is 7.28. The summed E-state index contributed by atoms with van der Waals surface area (Å²) in [4.78, 5) is 17.4. The zero-order valence-electron chi connectivity index (χ0n) is 17.6. The van der Waals surface area contributed by atoms with E-state index in [1.807, 2.05) is 0 Å². The van der Waals surface area contributed by atoms with Gasteiger partial charge >= 0.3 is 6.61 Å². The molecule has 0 saturated carbocycles. The first kappa shape index (κ1) is 21.7. The topological polar surface area (TPSA) is 86.0 Å². The molecule has 0 aliphatic heterocycles. The van der Waals surface area contributed by atoms with Crippen molar-refractivity contribution in [2.45, 2.75) is 39.5 Å². The van der Waals surface area contributed by atoms with Gasteiger partial charge in [-0.3, -0.25) is 0 Å². The maximum Gasteiger partial charge on any atom is 0.387 e. The van der Waals surface area contributed by atoms with Crippen LogP contribution in [-0.4, -0.2) is 36.2 Å². The fourth-order valence-corrected chi connectivity index (χ4v) is 3.30. The Balaban J connectivity index is 1.75. The highest BCUT2D eigenvalue weighted by Gasteiger charge is 2.20. The molecule has 0 unspecified atom stereocenters. The highest BCUT2D eigenvalue weighted by atomic mass is 19.3. The van der Waals surface area contributed by atoms with Gasteiger partial charge in [0, 0.05) is 23.5 Å². The lowest BCUT2D eigenvalue weighted by atomic mass is 10.1. The molecular formula is C22H20F3N5O2. The van der Waals surface area contributed by atoms with E-state index < -0.39 is 18.0 Å². The van der Waals surface area contributed by atoms with Crippen LogP contribution >= 0.6 is 0 Å². The van der Waals surface area contributed by atoms with Gasteiger partial charge in [0.1, 0.15) is 28.5 Å². The molecule has 3 aromatic heterocycles. The quantitative estimate of drug-likeness (QED) is 0.480. The van der Waals surface area contributed by atoms with Gasteiger partial charge in [-0.05, 0) is 45.0 Å². The summed E-state index contributed by atoms with van der Waals surface area (Å²) >= 11 is 0. The number of pyridine rings is 1. The molecular weight excluding hydrogens is 423 g/mol. The van der Waals surface area contributed by atoms with Crippen LogP contribution in [0.2, 0.25) is 0 Å². The van der Waals surface area contributed by atoms with Gasteiger partial charge < -0.3 is 14.4 Å². The molecule has 7 nitrogen and oxygen atoms in total. The average molecular weight is 443 g/mol. The van der Waals surface area contributed by atoms with Crippen molar-refractivity contribution in [2.24, 2.45) is 0 Å². The summed E-state index contributed by atoms with van der Waals surface area (Å²) in [5.41, 5.74) is 0.950. The third-order valence-corrected chi connectivity index (χ3v) is 4.89. The molecule has 4 aromatic rings. The monoisotopic (exact) mass is 443 g/mol. The lowest BCUT2D eigenvalue weighted by Crippen LogP contribution is -2.19. The van der Waals surface area contributed by atoms with Crippen molar-refractivity contribution >= 4 is 11.2 Å². The van der Waals surface area contributed by atoms with Gasteiger partial charge in [0.25, 0.3) is 0 Å². The van der Waals surface area contributed by atoms with Crippen LogP contribution in [0.3, 0.4) is 0 Å². The van der Waals surface area contributed by atoms with E-state index in [2.05, 4.69) is 24.7 Å². The average Bonchev–Trinajstić information content (AvgIpc) is 3.04. The van der Waals surface area contributed by atoms with Gasteiger partial charge in [-0.15, -0.1) is 0 Å². The fraction of sp³-hybridized carbons (Fsp3) is 0.273. The summed E-state index contributed by atoms with van der Waals surface area (Å²) in [5.74, 6) is -0.108. The van der Waals surface area contributed by atoms with Crippen molar-refractivity contribution in [1.29, 1.82) is 0 Å². The van der Waals surface area contributed by atoms with Crippen molar-refractivity contribution < 1.29 is 23.0 Å². The minimum Gasteiger partial charge on any atom is -0.434 e. The molecule has 4 rings (SSSR count). The van der Waals surface area contributed by atoms with E-state index in [9.17, 15) is 18.3 Å². The van der Waals surface area contributed by atoms with Crippen molar-refractivity contribution in [3.8, 4) is 17.0 Å². The molecule has 3 heterocycles. The number of aliphatic hydroxyl groups is 1. The fourth-order valence-electron chi connectivity index (χ4n) is 3.30. The van der Waals surface area contributed by atoms with E-state index in [0.717, 1.165) is 0 Å². The van der Waals surface area contributed by atoms with Crippen molar-refractivity contribution in [3.63, 3.8) is 0 Å². The predicted octanol–water partition coefficient (Wildman–Crippen LogP) is 4.21.